The average molecular weight is 349 g/mol. The number of hydrogen-bond acceptors (Lipinski definition) is 3. The highest BCUT2D eigenvalue weighted by atomic mass is 32.2. The number of piperazine rings is 1. The molecule has 6 heteroatoms. The molecule has 0 spiro atoms. The Morgan fingerprint density at radius 2 is 1.83 bits per heavy atom. The van der Waals surface area contributed by atoms with E-state index >= 15 is 0 Å². The maximum Gasteiger partial charge on any atom is 0.219 e. The summed E-state index contributed by atoms with van der Waals surface area (Å²) < 4.78 is 0. The van der Waals surface area contributed by atoms with Gasteiger partial charge in [0.25, 0.3) is 0 Å². The Kier molecular flexibility index (Phi) is 7.43. The van der Waals surface area contributed by atoms with Crippen LogP contribution in [0.15, 0.2) is 40.2 Å². The van der Waals surface area contributed by atoms with Gasteiger partial charge in [0.1, 0.15) is 0 Å². The van der Waals surface area contributed by atoms with Crippen molar-refractivity contribution in [1.29, 1.82) is 0 Å². The van der Waals surface area contributed by atoms with Crippen molar-refractivity contribution in [2.75, 3.05) is 39.3 Å². The highest BCUT2D eigenvalue weighted by Crippen LogP contribution is 2.22. The third-order valence-corrected chi connectivity index (χ3v) is 5.03. The van der Waals surface area contributed by atoms with Gasteiger partial charge in [-0.1, -0.05) is 25.1 Å². The van der Waals surface area contributed by atoms with E-state index in [1.807, 2.05) is 22.7 Å². The number of aliphatic imine (C=N–C) groups is 1. The Balaban J connectivity index is 1.89. The fourth-order valence-corrected chi connectivity index (χ4v) is 3.57. The number of carbonyl (C=O) groups excluding carboxylic acids is 1. The Hall–Kier alpha value is -1.69. The van der Waals surface area contributed by atoms with Crippen LogP contribution in [-0.4, -0.2) is 66.2 Å². The van der Waals surface area contributed by atoms with Crippen molar-refractivity contribution in [2.45, 2.75) is 30.9 Å². The van der Waals surface area contributed by atoms with Gasteiger partial charge in [-0.2, -0.15) is 0 Å². The molecule has 1 aromatic rings. The molecular weight excluding hydrogens is 320 g/mol. The standard InChI is InChI=1S/C18H28N4OS/c1-4-19-18(22-12-10-21(11-13-22)16(3)23)20-14-15(2)24-17-8-6-5-7-9-17/h5-9,15H,4,10-14H2,1-3H3,(H,19,20). The molecule has 1 aliphatic heterocycles. The number of hydrogen-bond donors (Lipinski definition) is 1. The van der Waals surface area contributed by atoms with Crippen molar-refractivity contribution in [2.24, 2.45) is 4.99 Å². The minimum atomic E-state index is 0.157. The van der Waals surface area contributed by atoms with E-state index in [4.69, 9.17) is 4.99 Å². The molecule has 1 aromatic carbocycles. The van der Waals surface area contributed by atoms with Gasteiger partial charge in [-0.25, -0.2) is 0 Å². The smallest absolute Gasteiger partial charge is 0.219 e. The lowest BCUT2D eigenvalue weighted by molar-refractivity contribution is -0.130. The first kappa shape index (κ1) is 18.6. The Morgan fingerprint density at radius 1 is 1.21 bits per heavy atom. The molecule has 1 atom stereocenters. The van der Waals surface area contributed by atoms with Crippen LogP contribution >= 0.6 is 11.8 Å². The van der Waals surface area contributed by atoms with Crippen molar-refractivity contribution in [3.05, 3.63) is 30.3 Å². The number of nitrogens with zero attached hydrogens (tertiary/aromatic N) is 3. The fourth-order valence-electron chi connectivity index (χ4n) is 2.64. The Labute approximate surface area is 149 Å². The van der Waals surface area contributed by atoms with E-state index in [1.54, 1.807) is 6.92 Å². The molecule has 1 N–H and O–H groups in total. The van der Waals surface area contributed by atoms with Crippen LogP contribution in [0.1, 0.15) is 20.8 Å². The molecule has 24 heavy (non-hydrogen) atoms. The second kappa shape index (κ2) is 9.57. The van der Waals surface area contributed by atoms with E-state index in [2.05, 4.69) is 48.3 Å². The van der Waals surface area contributed by atoms with E-state index in [-0.39, 0.29) is 5.91 Å². The molecule has 0 aromatic heterocycles. The maximum absolute atomic E-state index is 11.4. The highest BCUT2D eigenvalue weighted by molar-refractivity contribution is 8.00. The van der Waals surface area contributed by atoms with Crippen LogP contribution < -0.4 is 5.32 Å². The second-order valence-electron chi connectivity index (χ2n) is 5.93. The van der Waals surface area contributed by atoms with Gasteiger partial charge < -0.3 is 15.1 Å². The zero-order valence-corrected chi connectivity index (χ0v) is 15.7. The number of nitrogens with one attached hydrogen (secondary N) is 1. The third-order valence-electron chi connectivity index (χ3n) is 3.94. The van der Waals surface area contributed by atoms with Gasteiger partial charge in [0.15, 0.2) is 5.96 Å². The quantitative estimate of drug-likeness (QED) is 0.504. The zero-order valence-electron chi connectivity index (χ0n) is 14.9. The van der Waals surface area contributed by atoms with Crippen LogP contribution in [0.5, 0.6) is 0 Å². The Morgan fingerprint density at radius 3 is 2.42 bits per heavy atom. The van der Waals surface area contributed by atoms with E-state index in [0.29, 0.717) is 5.25 Å². The first-order valence-corrected chi connectivity index (χ1v) is 9.48. The summed E-state index contributed by atoms with van der Waals surface area (Å²) in [5.74, 6) is 1.12. The predicted molar refractivity (Wildman–Crippen MR) is 102 cm³/mol. The summed E-state index contributed by atoms with van der Waals surface area (Å²) in [6, 6.07) is 10.4. The Bertz CT molecular complexity index is 541. The zero-order chi connectivity index (χ0) is 17.4. The molecule has 1 aliphatic rings. The van der Waals surface area contributed by atoms with Gasteiger partial charge in [-0.05, 0) is 19.1 Å². The normalized spacial score (nSPS) is 16.9. The van der Waals surface area contributed by atoms with Crippen molar-refractivity contribution in [1.82, 2.24) is 15.1 Å². The molecule has 5 nitrogen and oxygen atoms in total. The van der Waals surface area contributed by atoms with E-state index in [1.165, 1.54) is 4.90 Å². The molecule has 132 valence electrons. The number of thioether (sulfide) groups is 1. The molecule has 1 fully saturated rings. The van der Waals surface area contributed by atoms with Gasteiger partial charge in [0.2, 0.25) is 5.91 Å². The van der Waals surface area contributed by atoms with Crippen LogP contribution in [0.3, 0.4) is 0 Å². The molecule has 1 saturated heterocycles. The van der Waals surface area contributed by atoms with Gasteiger partial charge in [-0.3, -0.25) is 9.79 Å². The second-order valence-corrected chi connectivity index (χ2v) is 7.44. The average Bonchev–Trinajstić information content (AvgIpc) is 2.59. The van der Waals surface area contributed by atoms with Crippen LogP contribution in [0.25, 0.3) is 0 Å². The summed E-state index contributed by atoms with van der Waals surface area (Å²) in [5.41, 5.74) is 0. The molecular formula is C18H28N4OS. The van der Waals surface area contributed by atoms with E-state index in [9.17, 15) is 4.79 Å². The highest BCUT2D eigenvalue weighted by Gasteiger charge is 2.21. The minimum Gasteiger partial charge on any atom is -0.357 e. The van der Waals surface area contributed by atoms with Crippen LogP contribution in [-0.2, 0) is 4.79 Å². The SMILES string of the molecule is CCNC(=NCC(C)Sc1ccccc1)N1CCN(C(C)=O)CC1. The van der Waals surface area contributed by atoms with Gasteiger partial charge in [0.05, 0.1) is 6.54 Å². The molecule has 0 saturated carbocycles. The topological polar surface area (TPSA) is 47.9 Å². The van der Waals surface area contributed by atoms with Gasteiger partial charge in [0, 0.05) is 49.8 Å². The molecule has 1 amide bonds. The summed E-state index contributed by atoms with van der Waals surface area (Å²) in [6.07, 6.45) is 0. The lowest BCUT2D eigenvalue weighted by atomic mass is 10.3. The number of amides is 1. The van der Waals surface area contributed by atoms with Crippen molar-refractivity contribution >= 4 is 23.6 Å². The number of guanidine groups is 1. The monoisotopic (exact) mass is 348 g/mol. The molecule has 2 rings (SSSR count). The largest absolute Gasteiger partial charge is 0.357 e. The third kappa shape index (κ3) is 5.74. The van der Waals surface area contributed by atoms with Gasteiger partial charge in [-0.15, -0.1) is 11.8 Å². The number of benzene rings is 1. The van der Waals surface area contributed by atoms with Crippen molar-refractivity contribution < 1.29 is 4.79 Å². The van der Waals surface area contributed by atoms with Gasteiger partial charge >= 0.3 is 0 Å². The van der Waals surface area contributed by atoms with Crippen LogP contribution in [0.4, 0.5) is 0 Å². The van der Waals surface area contributed by atoms with E-state index < -0.39 is 0 Å². The fraction of sp³-hybridized carbons (Fsp3) is 0.556. The lowest BCUT2D eigenvalue weighted by Gasteiger charge is -2.36. The molecule has 0 aliphatic carbocycles. The maximum atomic E-state index is 11.4. The van der Waals surface area contributed by atoms with E-state index in [0.717, 1.165) is 45.2 Å². The van der Waals surface area contributed by atoms with Crippen molar-refractivity contribution in [3.63, 3.8) is 0 Å². The first-order valence-electron chi connectivity index (χ1n) is 8.60. The predicted octanol–water partition coefficient (Wildman–Crippen LogP) is 2.30. The lowest BCUT2D eigenvalue weighted by Crippen LogP contribution is -2.53. The molecule has 1 heterocycles. The molecule has 1 unspecified atom stereocenters. The van der Waals surface area contributed by atoms with Crippen LogP contribution in [0, 0.1) is 0 Å². The summed E-state index contributed by atoms with van der Waals surface area (Å²) >= 11 is 1.85. The summed E-state index contributed by atoms with van der Waals surface area (Å²) in [4.78, 5) is 21.7. The summed E-state index contributed by atoms with van der Waals surface area (Å²) in [7, 11) is 0. The minimum absolute atomic E-state index is 0.157. The first-order chi connectivity index (χ1) is 11.6. The molecule has 0 radical (unpaired) electrons. The summed E-state index contributed by atoms with van der Waals surface area (Å²) in [5, 5.41) is 3.80. The van der Waals surface area contributed by atoms with Crippen molar-refractivity contribution in [3.8, 4) is 0 Å². The molecule has 0 bridgehead atoms. The summed E-state index contributed by atoms with van der Waals surface area (Å²) in [6.45, 7) is 10.8. The van der Waals surface area contributed by atoms with Crippen LogP contribution in [0.2, 0.25) is 0 Å². The number of carbonyl (C=O) groups is 1. The number of rotatable bonds is 5.